The lowest BCUT2D eigenvalue weighted by molar-refractivity contribution is -0.385. The van der Waals surface area contributed by atoms with Gasteiger partial charge in [-0.15, -0.1) is 0 Å². The molecule has 0 unspecified atom stereocenters. The van der Waals surface area contributed by atoms with E-state index in [1.165, 1.54) is 12.1 Å². The Morgan fingerprint density at radius 3 is 2.68 bits per heavy atom. The van der Waals surface area contributed by atoms with Gasteiger partial charge in [0.1, 0.15) is 0 Å². The standard InChI is InChI=1S/C14H15N3O4S/c1-11-5-6-13(17(18)19)10-14(11)22(20,21)16-9-7-12-4-2-3-8-15-12/h2-6,8,10,16H,7,9H2,1H3. The van der Waals surface area contributed by atoms with Crippen LogP contribution in [0, 0.1) is 17.0 Å². The van der Waals surface area contributed by atoms with Gasteiger partial charge in [-0.3, -0.25) is 15.1 Å². The van der Waals surface area contributed by atoms with Crippen LogP contribution in [-0.4, -0.2) is 24.9 Å². The Balaban J connectivity index is 2.13. The predicted molar refractivity (Wildman–Crippen MR) is 81.0 cm³/mol. The predicted octanol–water partition coefficient (Wildman–Crippen LogP) is 1.82. The second kappa shape index (κ2) is 6.63. The third-order valence-corrected chi connectivity index (χ3v) is 4.67. The molecule has 2 rings (SSSR count). The molecule has 0 aliphatic rings. The molecule has 7 nitrogen and oxygen atoms in total. The number of hydrogen-bond donors (Lipinski definition) is 1. The van der Waals surface area contributed by atoms with Crippen molar-refractivity contribution < 1.29 is 13.3 Å². The monoisotopic (exact) mass is 321 g/mol. The molecule has 0 spiro atoms. The van der Waals surface area contributed by atoms with Crippen LogP contribution in [0.5, 0.6) is 0 Å². The third kappa shape index (κ3) is 3.86. The molecule has 0 radical (unpaired) electrons. The van der Waals surface area contributed by atoms with Crippen LogP contribution < -0.4 is 4.72 Å². The molecule has 1 N–H and O–H groups in total. The Morgan fingerprint density at radius 2 is 2.05 bits per heavy atom. The Hall–Kier alpha value is -2.32. The van der Waals surface area contributed by atoms with Crippen molar-refractivity contribution in [1.82, 2.24) is 9.71 Å². The zero-order valence-corrected chi connectivity index (χ0v) is 12.7. The minimum absolute atomic E-state index is 0.0808. The van der Waals surface area contributed by atoms with Crippen molar-refractivity contribution in [2.75, 3.05) is 6.54 Å². The van der Waals surface area contributed by atoms with Crippen molar-refractivity contribution in [2.24, 2.45) is 0 Å². The fourth-order valence-electron chi connectivity index (χ4n) is 1.93. The lowest BCUT2D eigenvalue weighted by Gasteiger charge is -2.09. The Bertz CT molecular complexity index is 776. The molecule has 1 aromatic heterocycles. The summed E-state index contributed by atoms with van der Waals surface area (Å²) in [6.07, 6.45) is 2.07. The maximum absolute atomic E-state index is 12.3. The minimum Gasteiger partial charge on any atom is -0.261 e. The molecule has 8 heteroatoms. The molecular formula is C14H15N3O4S. The number of hydrogen-bond acceptors (Lipinski definition) is 5. The number of aromatic nitrogens is 1. The topological polar surface area (TPSA) is 102 Å². The molecule has 0 atom stereocenters. The highest BCUT2D eigenvalue weighted by Crippen LogP contribution is 2.21. The van der Waals surface area contributed by atoms with Gasteiger partial charge in [-0.2, -0.15) is 0 Å². The molecule has 22 heavy (non-hydrogen) atoms. The van der Waals surface area contributed by atoms with Gasteiger partial charge in [0.15, 0.2) is 0 Å². The summed E-state index contributed by atoms with van der Waals surface area (Å²) in [5, 5.41) is 10.8. The second-order valence-electron chi connectivity index (χ2n) is 4.68. The van der Waals surface area contributed by atoms with Gasteiger partial charge in [0.05, 0.1) is 9.82 Å². The number of nitrogens with zero attached hydrogens (tertiary/aromatic N) is 2. The largest absolute Gasteiger partial charge is 0.270 e. The van der Waals surface area contributed by atoms with Gasteiger partial charge in [-0.25, -0.2) is 13.1 Å². The van der Waals surface area contributed by atoms with Crippen LogP contribution in [0.25, 0.3) is 0 Å². The molecule has 0 aliphatic heterocycles. The first-order valence-electron chi connectivity index (χ1n) is 6.55. The van der Waals surface area contributed by atoms with Crippen LogP contribution in [0.3, 0.4) is 0 Å². The minimum atomic E-state index is -3.80. The first-order chi connectivity index (χ1) is 10.4. The zero-order chi connectivity index (χ0) is 16.2. The number of sulfonamides is 1. The molecule has 0 fully saturated rings. The lowest BCUT2D eigenvalue weighted by Crippen LogP contribution is -2.26. The highest BCUT2D eigenvalue weighted by atomic mass is 32.2. The van der Waals surface area contributed by atoms with E-state index in [1.54, 1.807) is 25.3 Å². The second-order valence-corrected chi connectivity index (χ2v) is 6.41. The number of aryl methyl sites for hydroxylation is 1. The normalized spacial score (nSPS) is 11.3. The highest BCUT2D eigenvalue weighted by Gasteiger charge is 2.20. The highest BCUT2D eigenvalue weighted by molar-refractivity contribution is 7.89. The SMILES string of the molecule is Cc1ccc([N+](=O)[O-])cc1S(=O)(=O)NCCc1ccccn1. The Morgan fingerprint density at radius 1 is 1.27 bits per heavy atom. The fourth-order valence-corrected chi connectivity index (χ4v) is 3.22. The summed E-state index contributed by atoms with van der Waals surface area (Å²) in [6.45, 7) is 1.76. The average Bonchev–Trinajstić information content (AvgIpc) is 2.48. The quantitative estimate of drug-likeness (QED) is 0.646. The molecule has 1 heterocycles. The van der Waals surface area contributed by atoms with E-state index in [0.29, 0.717) is 12.0 Å². The first-order valence-corrected chi connectivity index (χ1v) is 8.03. The molecule has 0 bridgehead atoms. The molecule has 0 aliphatic carbocycles. The van der Waals surface area contributed by atoms with Gasteiger partial charge in [0.25, 0.3) is 5.69 Å². The van der Waals surface area contributed by atoms with Crippen molar-refractivity contribution >= 4 is 15.7 Å². The van der Waals surface area contributed by atoms with Gasteiger partial charge in [-0.05, 0) is 24.6 Å². The summed E-state index contributed by atoms with van der Waals surface area (Å²) in [7, 11) is -3.80. The maximum atomic E-state index is 12.3. The van der Waals surface area contributed by atoms with Crippen LogP contribution in [0.15, 0.2) is 47.5 Å². The van der Waals surface area contributed by atoms with Crippen molar-refractivity contribution in [3.05, 3.63) is 64.0 Å². The van der Waals surface area contributed by atoms with E-state index in [1.807, 2.05) is 6.07 Å². The van der Waals surface area contributed by atoms with Crippen LogP contribution in [0.1, 0.15) is 11.3 Å². The van der Waals surface area contributed by atoms with E-state index in [4.69, 9.17) is 0 Å². The fraction of sp³-hybridized carbons (Fsp3) is 0.214. The van der Waals surface area contributed by atoms with E-state index in [2.05, 4.69) is 9.71 Å². The maximum Gasteiger partial charge on any atom is 0.270 e. The smallest absolute Gasteiger partial charge is 0.261 e. The summed E-state index contributed by atoms with van der Waals surface area (Å²) in [5.41, 5.74) is 0.965. The number of nitrogens with one attached hydrogen (secondary N) is 1. The average molecular weight is 321 g/mol. The summed E-state index contributed by atoms with van der Waals surface area (Å²) < 4.78 is 27.0. The number of benzene rings is 1. The van der Waals surface area contributed by atoms with Crippen molar-refractivity contribution in [3.8, 4) is 0 Å². The van der Waals surface area contributed by atoms with Gasteiger partial charge >= 0.3 is 0 Å². The van der Waals surface area contributed by atoms with Crippen LogP contribution >= 0.6 is 0 Å². The number of non-ortho nitro benzene ring substituents is 1. The molecule has 2 aromatic rings. The van der Waals surface area contributed by atoms with E-state index in [9.17, 15) is 18.5 Å². The van der Waals surface area contributed by atoms with E-state index >= 15 is 0 Å². The number of pyridine rings is 1. The molecule has 0 amide bonds. The van der Waals surface area contributed by atoms with E-state index in [0.717, 1.165) is 11.8 Å². The van der Waals surface area contributed by atoms with Crippen molar-refractivity contribution in [2.45, 2.75) is 18.2 Å². The van der Waals surface area contributed by atoms with Gasteiger partial charge in [0.2, 0.25) is 10.0 Å². The zero-order valence-electron chi connectivity index (χ0n) is 11.9. The summed E-state index contributed by atoms with van der Waals surface area (Å²) in [6, 6.07) is 9.17. The first kappa shape index (κ1) is 16.1. The molecule has 0 saturated carbocycles. The number of nitro benzene ring substituents is 1. The number of rotatable bonds is 6. The summed E-state index contributed by atoms with van der Waals surface area (Å²) >= 11 is 0. The lowest BCUT2D eigenvalue weighted by atomic mass is 10.2. The van der Waals surface area contributed by atoms with Crippen LogP contribution in [0.4, 0.5) is 5.69 Å². The van der Waals surface area contributed by atoms with Crippen LogP contribution in [0.2, 0.25) is 0 Å². The summed E-state index contributed by atoms with van der Waals surface area (Å²) in [5.74, 6) is 0. The Labute approximate surface area is 128 Å². The van der Waals surface area contributed by atoms with Gasteiger partial charge in [-0.1, -0.05) is 12.1 Å². The number of nitro groups is 1. The van der Waals surface area contributed by atoms with Crippen molar-refractivity contribution in [3.63, 3.8) is 0 Å². The van der Waals surface area contributed by atoms with Crippen LogP contribution in [-0.2, 0) is 16.4 Å². The molecule has 0 saturated heterocycles. The van der Waals surface area contributed by atoms with Gasteiger partial charge < -0.3 is 0 Å². The molecule has 1 aromatic carbocycles. The molecular weight excluding hydrogens is 306 g/mol. The molecule has 116 valence electrons. The van der Waals surface area contributed by atoms with Crippen molar-refractivity contribution in [1.29, 1.82) is 0 Å². The van der Waals surface area contributed by atoms with E-state index < -0.39 is 14.9 Å². The third-order valence-electron chi connectivity index (χ3n) is 3.07. The van der Waals surface area contributed by atoms with Gasteiger partial charge in [0, 0.05) is 37.0 Å². The van der Waals surface area contributed by atoms with E-state index in [-0.39, 0.29) is 17.1 Å². The summed E-state index contributed by atoms with van der Waals surface area (Å²) in [4.78, 5) is 14.2. The Kier molecular flexibility index (Phi) is 4.84.